The quantitative estimate of drug-likeness (QED) is 0.481. The lowest BCUT2D eigenvalue weighted by atomic mass is 10.0. The highest BCUT2D eigenvalue weighted by Gasteiger charge is 2.42. The number of nitrogens with two attached hydrogens (primary N) is 1. The minimum atomic E-state index is -0.940. The number of hydrogen-bond donors (Lipinski definition) is 4. The zero-order valence-corrected chi connectivity index (χ0v) is 16.2. The number of ether oxygens (including phenoxy) is 1. The average molecular weight is 402 g/mol. The van der Waals surface area contributed by atoms with E-state index >= 15 is 0 Å². The number of carbonyl (C=O) groups excluding carboxylic acids is 1. The largest absolute Gasteiger partial charge is 0.394 e. The Hall–Kier alpha value is -2.75. The van der Waals surface area contributed by atoms with Crippen LogP contribution in [0.25, 0.3) is 0 Å². The van der Waals surface area contributed by atoms with Crippen LogP contribution in [-0.2, 0) is 11.2 Å². The number of carbonyl (C=O) groups is 1. The van der Waals surface area contributed by atoms with Crippen molar-refractivity contribution in [2.24, 2.45) is 5.92 Å². The van der Waals surface area contributed by atoms with Crippen LogP contribution < -0.4 is 16.7 Å². The number of aromatic nitrogens is 2. The Morgan fingerprint density at radius 1 is 1.34 bits per heavy atom. The maximum absolute atomic E-state index is 12.5. The molecule has 1 saturated heterocycles. The number of nitrogens with one attached hydrogen (secondary N) is 1. The number of anilines is 1. The Kier molecular flexibility index (Phi) is 6.63. The van der Waals surface area contributed by atoms with E-state index in [1.807, 2.05) is 30.3 Å². The summed E-state index contributed by atoms with van der Waals surface area (Å²) < 4.78 is 6.71. The number of rotatable bonds is 7. The zero-order valence-electron chi connectivity index (χ0n) is 16.2. The molecule has 1 unspecified atom stereocenters. The van der Waals surface area contributed by atoms with Gasteiger partial charge in [0.1, 0.15) is 18.1 Å². The van der Waals surface area contributed by atoms with Gasteiger partial charge in [-0.05, 0) is 18.4 Å². The normalized spacial score (nSPS) is 23.8. The molecular formula is C20H26N4O5. The predicted molar refractivity (Wildman–Crippen MR) is 106 cm³/mol. The molecule has 0 radical (unpaired) electrons. The van der Waals surface area contributed by atoms with Crippen LogP contribution >= 0.6 is 0 Å². The smallest absolute Gasteiger partial charge is 0.351 e. The second-order valence-electron chi connectivity index (χ2n) is 7.17. The van der Waals surface area contributed by atoms with Crippen LogP contribution in [0.4, 0.5) is 5.82 Å². The van der Waals surface area contributed by atoms with Crippen molar-refractivity contribution in [1.29, 1.82) is 0 Å². The molecule has 1 fully saturated rings. The van der Waals surface area contributed by atoms with E-state index in [1.54, 1.807) is 6.92 Å². The molecule has 1 aromatic heterocycles. The molecule has 0 bridgehead atoms. The summed E-state index contributed by atoms with van der Waals surface area (Å²) in [5, 5.41) is 22.2. The summed E-state index contributed by atoms with van der Waals surface area (Å²) in [7, 11) is 0. The Labute approximate surface area is 168 Å². The zero-order chi connectivity index (χ0) is 21.0. The molecule has 9 nitrogen and oxygen atoms in total. The Bertz CT molecular complexity index is 901. The van der Waals surface area contributed by atoms with Gasteiger partial charge in [-0.2, -0.15) is 4.98 Å². The Morgan fingerprint density at radius 3 is 2.72 bits per heavy atom. The van der Waals surface area contributed by atoms with Crippen LogP contribution in [-0.4, -0.2) is 51.0 Å². The van der Waals surface area contributed by atoms with Gasteiger partial charge in [0.15, 0.2) is 0 Å². The van der Waals surface area contributed by atoms with Crippen LogP contribution in [0.2, 0.25) is 0 Å². The molecule has 2 heterocycles. The molecule has 1 aromatic carbocycles. The molecule has 156 valence electrons. The number of hydrogen-bond acceptors (Lipinski definition) is 7. The van der Waals surface area contributed by atoms with Crippen molar-refractivity contribution >= 4 is 11.7 Å². The highest BCUT2D eigenvalue weighted by Crippen LogP contribution is 2.33. The molecule has 0 saturated carbocycles. The average Bonchev–Trinajstić information content (AvgIpc) is 3.00. The Morgan fingerprint density at radius 2 is 2.07 bits per heavy atom. The fraction of sp³-hybridized carbons (Fsp3) is 0.450. The summed E-state index contributed by atoms with van der Waals surface area (Å²) in [6.45, 7) is 1.75. The van der Waals surface area contributed by atoms with Gasteiger partial charge in [-0.25, -0.2) is 4.79 Å². The fourth-order valence-electron chi connectivity index (χ4n) is 3.43. The lowest BCUT2D eigenvalue weighted by Crippen LogP contribution is -2.34. The molecule has 1 aliphatic heterocycles. The monoisotopic (exact) mass is 402 g/mol. The van der Waals surface area contributed by atoms with Crippen LogP contribution in [0.3, 0.4) is 0 Å². The van der Waals surface area contributed by atoms with Crippen molar-refractivity contribution in [3.05, 3.63) is 58.1 Å². The van der Waals surface area contributed by atoms with E-state index in [4.69, 9.17) is 10.5 Å². The van der Waals surface area contributed by atoms with E-state index in [0.29, 0.717) is 6.54 Å². The molecule has 9 heteroatoms. The maximum Gasteiger partial charge on any atom is 0.351 e. The number of aliphatic hydroxyl groups excluding tert-OH is 2. The van der Waals surface area contributed by atoms with Gasteiger partial charge in [0, 0.05) is 18.7 Å². The van der Waals surface area contributed by atoms with E-state index in [2.05, 4.69) is 10.3 Å². The number of aliphatic hydroxyl groups is 2. The maximum atomic E-state index is 12.5. The summed E-state index contributed by atoms with van der Waals surface area (Å²) in [5.41, 5.74) is 6.33. The van der Waals surface area contributed by atoms with E-state index in [0.717, 1.165) is 17.4 Å². The van der Waals surface area contributed by atoms with E-state index in [-0.39, 0.29) is 18.0 Å². The van der Waals surface area contributed by atoms with Crippen molar-refractivity contribution in [2.75, 3.05) is 18.9 Å². The fourth-order valence-corrected chi connectivity index (χ4v) is 3.43. The number of benzene rings is 1. The number of nitrogens with zero attached hydrogens (tertiary/aromatic N) is 2. The molecular weight excluding hydrogens is 376 g/mol. The highest BCUT2D eigenvalue weighted by atomic mass is 16.5. The van der Waals surface area contributed by atoms with Gasteiger partial charge in [-0.3, -0.25) is 9.36 Å². The number of aryl methyl sites for hydroxylation is 1. The van der Waals surface area contributed by atoms with Gasteiger partial charge < -0.3 is 26.0 Å². The van der Waals surface area contributed by atoms with Gasteiger partial charge in [0.2, 0.25) is 0 Å². The minimum Gasteiger partial charge on any atom is -0.394 e. The van der Waals surface area contributed by atoms with E-state index in [1.165, 1.54) is 11.8 Å². The molecule has 0 aliphatic carbocycles. The molecule has 4 atom stereocenters. The lowest BCUT2D eigenvalue weighted by molar-refractivity contribution is -0.0476. The summed E-state index contributed by atoms with van der Waals surface area (Å²) >= 11 is 0. The van der Waals surface area contributed by atoms with Gasteiger partial charge in [0.05, 0.1) is 18.3 Å². The highest BCUT2D eigenvalue weighted by molar-refractivity contribution is 5.97. The molecule has 5 N–H and O–H groups in total. The van der Waals surface area contributed by atoms with Crippen LogP contribution in [0, 0.1) is 5.92 Å². The van der Waals surface area contributed by atoms with Gasteiger partial charge in [0.25, 0.3) is 5.91 Å². The summed E-state index contributed by atoms with van der Waals surface area (Å²) in [4.78, 5) is 28.6. The topological polar surface area (TPSA) is 140 Å². The molecule has 1 aliphatic rings. The van der Waals surface area contributed by atoms with Crippen molar-refractivity contribution in [2.45, 2.75) is 38.2 Å². The second kappa shape index (κ2) is 9.17. The second-order valence-corrected chi connectivity index (χ2v) is 7.17. The number of amides is 1. The standard InChI is InChI=1S/C20H26N4O5/c1-12-16(26)15(11-25)29-19(12)24-10-14(17(21)23-20(24)28)18(27)22-9-5-8-13-6-3-2-4-7-13/h2-4,6-7,10,12,15-16,19,25-26H,5,8-9,11H2,1H3,(H,22,27)(H2,21,23,28)/t12-,15+,16?,19+/m0/s1. The first-order valence-corrected chi connectivity index (χ1v) is 9.57. The summed E-state index contributed by atoms with van der Waals surface area (Å²) in [6.07, 6.45) is 0.259. The predicted octanol–water partition coefficient (Wildman–Crippen LogP) is 0.0748. The van der Waals surface area contributed by atoms with Crippen LogP contribution in [0.5, 0.6) is 0 Å². The summed E-state index contributed by atoms with van der Waals surface area (Å²) in [6, 6.07) is 9.93. The minimum absolute atomic E-state index is 0.0575. The van der Waals surface area contributed by atoms with Gasteiger partial charge in [-0.1, -0.05) is 37.3 Å². The van der Waals surface area contributed by atoms with Crippen molar-refractivity contribution in [1.82, 2.24) is 14.9 Å². The summed E-state index contributed by atoms with van der Waals surface area (Å²) in [5.74, 6) is -1.09. The first kappa shape index (κ1) is 21.0. The van der Waals surface area contributed by atoms with E-state index < -0.39 is 36.0 Å². The van der Waals surface area contributed by atoms with Crippen molar-refractivity contribution in [3.63, 3.8) is 0 Å². The molecule has 0 spiro atoms. The third-order valence-electron chi connectivity index (χ3n) is 5.13. The van der Waals surface area contributed by atoms with Crippen molar-refractivity contribution in [3.8, 4) is 0 Å². The SMILES string of the molecule is C[C@H]1C(O)[C@@H](CO)O[C@H]1n1cc(C(=O)NCCCc2ccccc2)c(N)nc1=O. The molecule has 3 rings (SSSR count). The van der Waals surface area contributed by atoms with Gasteiger partial charge in [-0.15, -0.1) is 0 Å². The number of nitrogen functional groups attached to an aromatic ring is 1. The van der Waals surface area contributed by atoms with Crippen LogP contribution in [0.1, 0.15) is 35.5 Å². The molecule has 1 amide bonds. The first-order chi connectivity index (χ1) is 13.9. The van der Waals surface area contributed by atoms with Crippen LogP contribution in [0.15, 0.2) is 41.3 Å². The first-order valence-electron chi connectivity index (χ1n) is 9.57. The third-order valence-corrected chi connectivity index (χ3v) is 5.13. The van der Waals surface area contributed by atoms with Gasteiger partial charge >= 0.3 is 5.69 Å². The van der Waals surface area contributed by atoms with Crippen molar-refractivity contribution < 1.29 is 19.7 Å². The van der Waals surface area contributed by atoms with E-state index in [9.17, 15) is 19.8 Å². The molecule has 2 aromatic rings. The lowest BCUT2D eigenvalue weighted by Gasteiger charge is -2.19. The third kappa shape index (κ3) is 4.64. The molecule has 29 heavy (non-hydrogen) atoms. The Balaban J connectivity index is 1.68.